The van der Waals surface area contributed by atoms with Crippen LogP contribution in [0.5, 0.6) is 0 Å². The van der Waals surface area contributed by atoms with Crippen LogP contribution in [0.25, 0.3) is 9.88 Å². The zero-order valence-corrected chi connectivity index (χ0v) is 15.3. The van der Waals surface area contributed by atoms with Gasteiger partial charge in [-0.1, -0.05) is 12.1 Å². The molecule has 1 N–H and O–H groups in total. The summed E-state index contributed by atoms with van der Waals surface area (Å²) in [7, 11) is 0. The molecule has 3 rings (SSSR count). The lowest BCUT2D eigenvalue weighted by atomic mass is 10.3. The van der Waals surface area contributed by atoms with Gasteiger partial charge in [-0.15, -0.1) is 22.7 Å². The number of anilines is 1. The van der Waals surface area contributed by atoms with E-state index >= 15 is 0 Å². The van der Waals surface area contributed by atoms with E-state index < -0.39 is 0 Å². The van der Waals surface area contributed by atoms with Gasteiger partial charge in [-0.25, -0.2) is 4.98 Å². The van der Waals surface area contributed by atoms with Crippen LogP contribution in [-0.2, 0) is 0 Å². The van der Waals surface area contributed by atoms with Crippen molar-refractivity contribution in [1.82, 2.24) is 4.98 Å². The number of halogens is 2. The van der Waals surface area contributed by atoms with E-state index in [0.717, 1.165) is 18.8 Å². The molecule has 0 saturated heterocycles. The van der Waals surface area contributed by atoms with E-state index in [-0.39, 0.29) is 5.91 Å². The first-order valence-corrected chi connectivity index (χ1v) is 9.24. The minimum absolute atomic E-state index is 0.221. The number of thiazole rings is 1. The summed E-state index contributed by atoms with van der Waals surface area (Å²) in [6.45, 7) is 0. The molecule has 0 saturated carbocycles. The molecule has 1 aromatic carbocycles. The molecular formula is C14H8Br2N2OS2. The first-order valence-electron chi connectivity index (χ1n) is 5.90. The number of hydrogen-bond acceptors (Lipinski definition) is 4. The molecule has 21 heavy (non-hydrogen) atoms. The molecule has 3 aromatic rings. The summed E-state index contributed by atoms with van der Waals surface area (Å²) in [5, 5.41) is 7.50. The monoisotopic (exact) mass is 442 g/mol. The van der Waals surface area contributed by atoms with Gasteiger partial charge >= 0.3 is 0 Å². The van der Waals surface area contributed by atoms with E-state index in [0.29, 0.717) is 11.4 Å². The van der Waals surface area contributed by atoms with E-state index in [1.54, 1.807) is 16.7 Å². The highest BCUT2D eigenvalue weighted by molar-refractivity contribution is 9.11. The molecule has 0 spiro atoms. The lowest BCUT2D eigenvalue weighted by Crippen LogP contribution is -2.13. The number of para-hydroxylation sites is 1. The number of thiophene rings is 1. The predicted molar refractivity (Wildman–Crippen MR) is 95.2 cm³/mol. The molecule has 2 heterocycles. The summed E-state index contributed by atoms with van der Waals surface area (Å²) in [4.78, 5) is 17.8. The number of nitrogens with zero attached hydrogens (tertiary/aromatic N) is 1. The van der Waals surface area contributed by atoms with Gasteiger partial charge in [-0.05, 0) is 55.4 Å². The smallest absolute Gasteiger partial charge is 0.275 e. The van der Waals surface area contributed by atoms with Crippen LogP contribution in [0.4, 0.5) is 5.69 Å². The summed E-state index contributed by atoms with van der Waals surface area (Å²) in [5.74, 6) is -0.221. The normalized spacial score (nSPS) is 10.6. The fraction of sp³-hybridized carbons (Fsp3) is 0. The lowest BCUT2D eigenvalue weighted by molar-refractivity contribution is 0.102. The van der Waals surface area contributed by atoms with Crippen LogP contribution >= 0.6 is 54.5 Å². The fourth-order valence-electron chi connectivity index (χ4n) is 1.69. The number of carbonyl (C=O) groups excluding carboxylic acids is 1. The van der Waals surface area contributed by atoms with Gasteiger partial charge in [-0.3, -0.25) is 4.79 Å². The molecule has 0 fully saturated rings. The molecule has 0 unspecified atom stereocenters. The minimum Gasteiger partial charge on any atom is -0.319 e. The molecule has 0 aliphatic carbocycles. The Morgan fingerprint density at radius 3 is 2.52 bits per heavy atom. The van der Waals surface area contributed by atoms with Crippen LogP contribution in [0.15, 0.2) is 50.0 Å². The van der Waals surface area contributed by atoms with Gasteiger partial charge in [0.2, 0.25) is 0 Å². The van der Waals surface area contributed by atoms with Crippen LogP contribution in [0.3, 0.4) is 0 Å². The molecule has 3 nitrogen and oxygen atoms in total. The topological polar surface area (TPSA) is 42.0 Å². The maximum atomic E-state index is 12.3. The summed E-state index contributed by atoms with van der Waals surface area (Å²) >= 11 is 9.93. The van der Waals surface area contributed by atoms with E-state index in [2.05, 4.69) is 42.2 Å². The van der Waals surface area contributed by atoms with E-state index in [1.165, 1.54) is 11.3 Å². The Balaban J connectivity index is 1.83. The van der Waals surface area contributed by atoms with Gasteiger partial charge in [0.05, 0.1) is 10.6 Å². The highest BCUT2D eigenvalue weighted by Gasteiger charge is 2.15. The third-order valence-electron chi connectivity index (χ3n) is 2.67. The molecule has 106 valence electrons. The fourth-order valence-corrected chi connectivity index (χ4v) is 4.50. The third-order valence-corrected chi connectivity index (χ3v) is 5.87. The van der Waals surface area contributed by atoms with Crippen molar-refractivity contribution < 1.29 is 4.79 Å². The van der Waals surface area contributed by atoms with Crippen molar-refractivity contribution >= 4 is 66.1 Å². The minimum atomic E-state index is -0.221. The maximum absolute atomic E-state index is 12.3. The summed E-state index contributed by atoms with van der Waals surface area (Å²) in [6, 6.07) is 9.60. The highest BCUT2D eigenvalue weighted by Crippen LogP contribution is 2.32. The maximum Gasteiger partial charge on any atom is 0.275 e. The molecule has 0 aliphatic heterocycles. The second-order valence-electron chi connectivity index (χ2n) is 4.07. The first-order chi connectivity index (χ1) is 10.1. The van der Waals surface area contributed by atoms with Crippen molar-refractivity contribution in [2.75, 3.05) is 5.32 Å². The number of aromatic nitrogens is 1. The summed E-state index contributed by atoms with van der Waals surface area (Å²) in [6.07, 6.45) is 0. The van der Waals surface area contributed by atoms with Crippen LogP contribution < -0.4 is 5.32 Å². The molecule has 2 aromatic heterocycles. The summed E-state index contributed by atoms with van der Waals surface area (Å²) in [5.41, 5.74) is 1.12. The number of benzene rings is 1. The van der Waals surface area contributed by atoms with Gasteiger partial charge < -0.3 is 5.32 Å². The van der Waals surface area contributed by atoms with Crippen molar-refractivity contribution in [2.45, 2.75) is 0 Å². The zero-order valence-electron chi connectivity index (χ0n) is 10.5. The van der Waals surface area contributed by atoms with E-state index in [1.807, 2.05) is 35.7 Å². The molecule has 0 aliphatic rings. The lowest BCUT2D eigenvalue weighted by Gasteiger charge is -2.07. The standard InChI is InChI=1S/C14H8Br2N2OS2/c15-8-3-1-4-9(16)12(8)18-13(19)10-7-21-14(17-10)11-5-2-6-20-11/h1-7H,(H,18,19). The van der Waals surface area contributed by atoms with Crippen LogP contribution in [0.1, 0.15) is 10.5 Å². The molecule has 1 amide bonds. The van der Waals surface area contributed by atoms with Gasteiger partial charge in [0.1, 0.15) is 10.7 Å². The van der Waals surface area contributed by atoms with Crippen molar-refractivity contribution in [3.8, 4) is 9.88 Å². The van der Waals surface area contributed by atoms with E-state index in [4.69, 9.17) is 0 Å². The second-order valence-corrected chi connectivity index (χ2v) is 7.58. The second kappa shape index (κ2) is 6.39. The van der Waals surface area contributed by atoms with Crippen LogP contribution in [-0.4, -0.2) is 10.9 Å². The average molecular weight is 444 g/mol. The molecule has 0 atom stereocenters. The zero-order chi connectivity index (χ0) is 14.8. The largest absolute Gasteiger partial charge is 0.319 e. The third kappa shape index (κ3) is 3.26. The Bertz CT molecular complexity index is 764. The highest BCUT2D eigenvalue weighted by atomic mass is 79.9. The Morgan fingerprint density at radius 2 is 1.86 bits per heavy atom. The van der Waals surface area contributed by atoms with Crippen molar-refractivity contribution in [3.05, 3.63) is 55.7 Å². The van der Waals surface area contributed by atoms with Crippen LogP contribution in [0.2, 0.25) is 0 Å². The van der Waals surface area contributed by atoms with Gasteiger partial charge in [0.15, 0.2) is 0 Å². The Hall–Kier alpha value is -1.02. The van der Waals surface area contributed by atoms with Crippen LogP contribution in [0, 0.1) is 0 Å². The Morgan fingerprint density at radius 1 is 1.10 bits per heavy atom. The quantitative estimate of drug-likeness (QED) is 0.568. The van der Waals surface area contributed by atoms with Gasteiger partial charge in [0.25, 0.3) is 5.91 Å². The number of hydrogen-bond donors (Lipinski definition) is 1. The molecule has 0 radical (unpaired) electrons. The van der Waals surface area contributed by atoms with Gasteiger partial charge in [-0.2, -0.15) is 0 Å². The first kappa shape index (κ1) is 14.9. The number of carbonyl (C=O) groups is 1. The average Bonchev–Trinajstić information content (AvgIpc) is 3.12. The Kier molecular flexibility index (Phi) is 4.54. The summed E-state index contributed by atoms with van der Waals surface area (Å²) < 4.78 is 1.64. The predicted octanol–water partition coefficient (Wildman–Crippen LogP) is 5.65. The van der Waals surface area contributed by atoms with Crippen molar-refractivity contribution in [1.29, 1.82) is 0 Å². The molecule has 0 bridgehead atoms. The van der Waals surface area contributed by atoms with Crippen molar-refractivity contribution in [2.24, 2.45) is 0 Å². The van der Waals surface area contributed by atoms with E-state index in [9.17, 15) is 4.79 Å². The Labute approximate surface area is 146 Å². The van der Waals surface area contributed by atoms with Crippen molar-refractivity contribution in [3.63, 3.8) is 0 Å². The number of rotatable bonds is 3. The number of amides is 1. The van der Waals surface area contributed by atoms with Gasteiger partial charge in [0, 0.05) is 14.3 Å². The SMILES string of the molecule is O=C(Nc1c(Br)cccc1Br)c1csc(-c2cccs2)n1. The molecule has 7 heteroatoms. The molecular weight excluding hydrogens is 436 g/mol. The number of nitrogens with one attached hydrogen (secondary N) is 1.